The largest absolute Gasteiger partial charge is 0.379 e. The van der Waals surface area contributed by atoms with Crippen LogP contribution in [0.5, 0.6) is 0 Å². The molecule has 2 saturated heterocycles. The zero-order valence-electron chi connectivity index (χ0n) is 11.0. The summed E-state index contributed by atoms with van der Waals surface area (Å²) in [6.45, 7) is 11.2. The first kappa shape index (κ1) is 12.3. The zero-order chi connectivity index (χ0) is 11.6. The van der Waals surface area contributed by atoms with Gasteiger partial charge in [-0.25, -0.2) is 0 Å². The van der Waals surface area contributed by atoms with Gasteiger partial charge in [-0.2, -0.15) is 0 Å². The normalized spacial score (nSPS) is 41.4. The van der Waals surface area contributed by atoms with Crippen molar-refractivity contribution in [1.82, 2.24) is 10.2 Å². The molecule has 94 valence electrons. The van der Waals surface area contributed by atoms with Crippen LogP contribution in [0.15, 0.2) is 0 Å². The fourth-order valence-electron chi connectivity index (χ4n) is 3.10. The number of nitrogens with one attached hydrogen (secondary N) is 1. The SMILES string of the molecule is CCN1CCC(NC2(C)CCOC2)CC1C. The van der Waals surface area contributed by atoms with E-state index in [-0.39, 0.29) is 5.54 Å². The second kappa shape index (κ2) is 5.03. The van der Waals surface area contributed by atoms with Crippen molar-refractivity contribution < 1.29 is 4.74 Å². The van der Waals surface area contributed by atoms with Gasteiger partial charge in [0.05, 0.1) is 6.61 Å². The van der Waals surface area contributed by atoms with E-state index in [2.05, 4.69) is 31.0 Å². The van der Waals surface area contributed by atoms with Crippen LogP contribution in [0.1, 0.15) is 40.0 Å². The van der Waals surface area contributed by atoms with E-state index in [1.165, 1.54) is 25.9 Å². The van der Waals surface area contributed by atoms with Crippen molar-refractivity contribution in [2.24, 2.45) is 0 Å². The Balaban J connectivity index is 1.83. The summed E-state index contributed by atoms with van der Waals surface area (Å²) in [5.74, 6) is 0. The number of ether oxygens (including phenoxy) is 1. The second-order valence-electron chi connectivity index (χ2n) is 5.71. The van der Waals surface area contributed by atoms with Crippen LogP contribution < -0.4 is 5.32 Å². The molecule has 2 aliphatic rings. The number of hydrogen-bond donors (Lipinski definition) is 1. The predicted octanol–water partition coefficient (Wildman–Crippen LogP) is 1.63. The molecule has 3 unspecified atom stereocenters. The van der Waals surface area contributed by atoms with E-state index in [1.807, 2.05) is 0 Å². The first-order chi connectivity index (χ1) is 7.63. The van der Waals surface area contributed by atoms with Gasteiger partial charge in [0.1, 0.15) is 0 Å². The lowest BCUT2D eigenvalue weighted by Crippen LogP contribution is -2.54. The molecule has 0 aromatic rings. The Hall–Kier alpha value is -0.120. The van der Waals surface area contributed by atoms with Crippen molar-refractivity contribution >= 4 is 0 Å². The Morgan fingerprint density at radius 1 is 1.50 bits per heavy atom. The van der Waals surface area contributed by atoms with E-state index in [0.29, 0.717) is 6.04 Å². The molecule has 2 fully saturated rings. The van der Waals surface area contributed by atoms with Crippen molar-refractivity contribution in [3.8, 4) is 0 Å². The number of hydrogen-bond acceptors (Lipinski definition) is 3. The van der Waals surface area contributed by atoms with E-state index in [1.54, 1.807) is 0 Å². The fourth-order valence-corrected chi connectivity index (χ4v) is 3.10. The quantitative estimate of drug-likeness (QED) is 0.791. The van der Waals surface area contributed by atoms with Crippen LogP contribution in [0, 0.1) is 0 Å². The van der Waals surface area contributed by atoms with Crippen molar-refractivity contribution in [2.75, 3.05) is 26.3 Å². The summed E-state index contributed by atoms with van der Waals surface area (Å²) >= 11 is 0. The highest BCUT2D eigenvalue weighted by Gasteiger charge is 2.34. The van der Waals surface area contributed by atoms with E-state index in [9.17, 15) is 0 Å². The first-order valence-electron chi connectivity index (χ1n) is 6.72. The van der Waals surface area contributed by atoms with Crippen LogP contribution in [-0.2, 0) is 4.74 Å². The van der Waals surface area contributed by atoms with Crippen molar-refractivity contribution in [3.63, 3.8) is 0 Å². The smallest absolute Gasteiger partial charge is 0.0646 e. The zero-order valence-corrected chi connectivity index (χ0v) is 11.0. The molecule has 2 heterocycles. The molecule has 0 radical (unpaired) electrons. The Labute approximate surface area is 99.5 Å². The fraction of sp³-hybridized carbons (Fsp3) is 1.00. The molecule has 0 amide bonds. The number of likely N-dealkylation sites (tertiary alicyclic amines) is 1. The monoisotopic (exact) mass is 226 g/mol. The van der Waals surface area contributed by atoms with Gasteiger partial charge in [-0.3, -0.25) is 0 Å². The van der Waals surface area contributed by atoms with Crippen LogP contribution >= 0.6 is 0 Å². The van der Waals surface area contributed by atoms with Crippen molar-refractivity contribution in [2.45, 2.75) is 57.7 Å². The standard InChI is InChI=1S/C13H26N2O/c1-4-15-7-5-12(9-11(15)2)14-13(3)6-8-16-10-13/h11-12,14H,4-10H2,1-3H3. The molecule has 2 aliphatic heterocycles. The molecule has 2 rings (SSSR count). The first-order valence-corrected chi connectivity index (χ1v) is 6.72. The Bertz CT molecular complexity index is 226. The highest BCUT2D eigenvalue weighted by Crippen LogP contribution is 2.23. The molecule has 0 saturated carbocycles. The lowest BCUT2D eigenvalue weighted by atomic mass is 9.93. The van der Waals surface area contributed by atoms with E-state index >= 15 is 0 Å². The minimum atomic E-state index is 0.235. The Morgan fingerprint density at radius 3 is 2.88 bits per heavy atom. The van der Waals surface area contributed by atoms with Gasteiger partial charge in [0, 0.05) is 24.2 Å². The van der Waals surface area contributed by atoms with Gasteiger partial charge >= 0.3 is 0 Å². The molecule has 3 nitrogen and oxygen atoms in total. The molecular formula is C13H26N2O. The molecule has 16 heavy (non-hydrogen) atoms. The maximum atomic E-state index is 5.50. The average Bonchev–Trinajstić information content (AvgIpc) is 2.65. The summed E-state index contributed by atoms with van der Waals surface area (Å²) < 4.78 is 5.50. The highest BCUT2D eigenvalue weighted by molar-refractivity contribution is 4.93. The van der Waals surface area contributed by atoms with Gasteiger partial charge in [-0.05, 0) is 46.2 Å². The van der Waals surface area contributed by atoms with Crippen LogP contribution in [0.2, 0.25) is 0 Å². The van der Waals surface area contributed by atoms with Crippen LogP contribution in [0.3, 0.4) is 0 Å². The molecular weight excluding hydrogens is 200 g/mol. The number of nitrogens with zero attached hydrogens (tertiary/aromatic N) is 1. The molecule has 3 heteroatoms. The third-order valence-electron chi connectivity index (χ3n) is 4.19. The summed E-state index contributed by atoms with van der Waals surface area (Å²) in [6, 6.07) is 1.41. The van der Waals surface area contributed by atoms with Crippen LogP contribution in [0.25, 0.3) is 0 Å². The lowest BCUT2D eigenvalue weighted by molar-refractivity contribution is 0.117. The lowest BCUT2D eigenvalue weighted by Gasteiger charge is -2.40. The summed E-state index contributed by atoms with van der Waals surface area (Å²) in [5, 5.41) is 3.82. The molecule has 0 aliphatic carbocycles. The highest BCUT2D eigenvalue weighted by atomic mass is 16.5. The minimum absolute atomic E-state index is 0.235. The Kier molecular flexibility index (Phi) is 3.88. The van der Waals surface area contributed by atoms with Gasteiger partial charge in [0.25, 0.3) is 0 Å². The average molecular weight is 226 g/mol. The number of piperidine rings is 1. The second-order valence-corrected chi connectivity index (χ2v) is 5.71. The molecule has 0 bridgehead atoms. The van der Waals surface area contributed by atoms with Gasteiger partial charge in [-0.1, -0.05) is 6.92 Å². The summed E-state index contributed by atoms with van der Waals surface area (Å²) in [6.07, 6.45) is 3.73. The van der Waals surface area contributed by atoms with E-state index in [0.717, 1.165) is 25.7 Å². The van der Waals surface area contributed by atoms with Gasteiger partial charge in [0.15, 0.2) is 0 Å². The minimum Gasteiger partial charge on any atom is -0.379 e. The molecule has 0 aromatic heterocycles. The van der Waals surface area contributed by atoms with Crippen molar-refractivity contribution in [3.05, 3.63) is 0 Å². The van der Waals surface area contributed by atoms with E-state index in [4.69, 9.17) is 4.74 Å². The third kappa shape index (κ3) is 2.76. The predicted molar refractivity (Wildman–Crippen MR) is 66.7 cm³/mol. The third-order valence-corrected chi connectivity index (χ3v) is 4.19. The summed E-state index contributed by atoms with van der Waals surface area (Å²) in [7, 11) is 0. The summed E-state index contributed by atoms with van der Waals surface area (Å²) in [5.41, 5.74) is 0.235. The molecule has 0 spiro atoms. The van der Waals surface area contributed by atoms with Gasteiger partial charge in [-0.15, -0.1) is 0 Å². The maximum Gasteiger partial charge on any atom is 0.0646 e. The summed E-state index contributed by atoms with van der Waals surface area (Å²) in [4.78, 5) is 2.58. The van der Waals surface area contributed by atoms with Crippen LogP contribution in [0.4, 0.5) is 0 Å². The van der Waals surface area contributed by atoms with Gasteiger partial charge < -0.3 is 15.0 Å². The molecule has 1 N–H and O–H groups in total. The molecule has 3 atom stereocenters. The topological polar surface area (TPSA) is 24.5 Å². The van der Waals surface area contributed by atoms with Crippen LogP contribution in [-0.4, -0.2) is 48.8 Å². The van der Waals surface area contributed by atoms with Crippen molar-refractivity contribution in [1.29, 1.82) is 0 Å². The molecule has 0 aromatic carbocycles. The maximum absolute atomic E-state index is 5.50. The van der Waals surface area contributed by atoms with E-state index < -0.39 is 0 Å². The Morgan fingerprint density at radius 2 is 2.31 bits per heavy atom. The van der Waals surface area contributed by atoms with Gasteiger partial charge in [0.2, 0.25) is 0 Å². The number of rotatable bonds is 3.